The lowest BCUT2D eigenvalue weighted by Gasteiger charge is -2.41. The summed E-state index contributed by atoms with van der Waals surface area (Å²) in [6.07, 6.45) is 3.70. The number of thioether (sulfide) groups is 1. The zero-order valence-electron chi connectivity index (χ0n) is 10.6. The van der Waals surface area contributed by atoms with Crippen molar-refractivity contribution in [1.82, 2.24) is 9.88 Å². The van der Waals surface area contributed by atoms with E-state index < -0.39 is 0 Å². The van der Waals surface area contributed by atoms with Gasteiger partial charge in [0.05, 0.1) is 0 Å². The summed E-state index contributed by atoms with van der Waals surface area (Å²) in [7, 11) is 0. The molecule has 1 aromatic rings. The maximum atomic E-state index is 5.96. The Hall–Kier alpha value is -0.580. The molecule has 1 unspecified atom stereocenters. The van der Waals surface area contributed by atoms with Crippen molar-refractivity contribution in [2.24, 2.45) is 5.73 Å². The van der Waals surface area contributed by atoms with Crippen molar-refractivity contribution in [3.63, 3.8) is 0 Å². The predicted octanol–water partition coefficient (Wildman–Crippen LogP) is 1.91. The highest BCUT2D eigenvalue weighted by Gasteiger charge is 2.31. The third-order valence-corrected chi connectivity index (χ3v) is 4.51. The Balaban J connectivity index is 2.13. The van der Waals surface area contributed by atoms with Crippen LogP contribution in [0.1, 0.15) is 25.5 Å². The maximum absolute atomic E-state index is 5.96. The Labute approximate surface area is 108 Å². The van der Waals surface area contributed by atoms with E-state index in [1.165, 1.54) is 11.3 Å². The summed E-state index contributed by atoms with van der Waals surface area (Å²) in [5, 5.41) is 0. The van der Waals surface area contributed by atoms with E-state index in [0.29, 0.717) is 17.3 Å². The van der Waals surface area contributed by atoms with E-state index >= 15 is 0 Å². The van der Waals surface area contributed by atoms with Gasteiger partial charge in [-0.05, 0) is 31.5 Å². The fourth-order valence-corrected chi connectivity index (χ4v) is 3.54. The summed E-state index contributed by atoms with van der Waals surface area (Å²) in [6, 6.07) is 4.48. The van der Waals surface area contributed by atoms with Crippen LogP contribution in [0.5, 0.6) is 0 Å². The Kier molecular flexibility index (Phi) is 4.07. The third-order valence-electron chi connectivity index (χ3n) is 3.21. The Morgan fingerprint density at radius 3 is 2.76 bits per heavy atom. The van der Waals surface area contributed by atoms with E-state index in [4.69, 9.17) is 5.73 Å². The topological polar surface area (TPSA) is 42.1 Å². The molecule has 4 heteroatoms. The molecular formula is C13H21N3S. The monoisotopic (exact) mass is 251 g/mol. The van der Waals surface area contributed by atoms with Gasteiger partial charge in [-0.3, -0.25) is 9.88 Å². The second-order valence-electron chi connectivity index (χ2n) is 5.11. The summed E-state index contributed by atoms with van der Waals surface area (Å²) < 4.78 is 0.332. The summed E-state index contributed by atoms with van der Waals surface area (Å²) in [6.45, 7) is 7.51. The molecule has 1 aliphatic heterocycles. The zero-order valence-corrected chi connectivity index (χ0v) is 11.4. The molecule has 0 spiro atoms. The predicted molar refractivity (Wildman–Crippen MR) is 74.1 cm³/mol. The van der Waals surface area contributed by atoms with Gasteiger partial charge < -0.3 is 5.73 Å². The molecule has 0 bridgehead atoms. The number of aromatic nitrogens is 1. The van der Waals surface area contributed by atoms with Gasteiger partial charge >= 0.3 is 0 Å². The van der Waals surface area contributed by atoms with Crippen LogP contribution in [0.15, 0.2) is 24.5 Å². The highest BCUT2D eigenvalue weighted by molar-refractivity contribution is 8.00. The van der Waals surface area contributed by atoms with Crippen LogP contribution in [-0.2, 0) is 0 Å². The SMILES string of the molecule is CC1(C)CN(C(CN)c2ccncc2)CCS1. The van der Waals surface area contributed by atoms with Crippen LogP contribution in [0.3, 0.4) is 0 Å². The summed E-state index contributed by atoms with van der Waals surface area (Å²) in [4.78, 5) is 6.58. The van der Waals surface area contributed by atoms with Crippen LogP contribution in [0, 0.1) is 0 Å². The smallest absolute Gasteiger partial charge is 0.0472 e. The van der Waals surface area contributed by atoms with Crippen LogP contribution in [0.4, 0.5) is 0 Å². The fraction of sp³-hybridized carbons (Fsp3) is 0.615. The fourth-order valence-electron chi connectivity index (χ4n) is 2.40. The van der Waals surface area contributed by atoms with Gasteiger partial charge in [-0.1, -0.05) is 0 Å². The second kappa shape index (κ2) is 5.38. The molecule has 0 amide bonds. The first kappa shape index (κ1) is 12.9. The number of hydrogen-bond acceptors (Lipinski definition) is 4. The Morgan fingerprint density at radius 2 is 2.18 bits per heavy atom. The van der Waals surface area contributed by atoms with Crippen molar-refractivity contribution in [1.29, 1.82) is 0 Å². The highest BCUT2D eigenvalue weighted by atomic mass is 32.2. The standard InChI is InChI=1S/C13H21N3S/c1-13(2)10-16(7-8-17-13)12(9-14)11-3-5-15-6-4-11/h3-6,12H,7-10,14H2,1-2H3. The van der Waals surface area contributed by atoms with Crippen LogP contribution >= 0.6 is 11.8 Å². The van der Waals surface area contributed by atoms with Crippen molar-refractivity contribution in [2.45, 2.75) is 24.6 Å². The molecule has 1 atom stereocenters. The minimum Gasteiger partial charge on any atom is -0.329 e. The summed E-state index contributed by atoms with van der Waals surface area (Å²) in [5.74, 6) is 1.19. The molecule has 94 valence electrons. The van der Waals surface area contributed by atoms with Crippen molar-refractivity contribution in [3.8, 4) is 0 Å². The van der Waals surface area contributed by atoms with Gasteiger partial charge in [0.15, 0.2) is 0 Å². The Bertz CT molecular complexity index is 353. The van der Waals surface area contributed by atoms with Gasteiger partial charge in [-0.15, -0.1) is 0 Å². The molecule has 2 heterocycles. The molecule has 2 N–H and O–H groups in total. The average Bonchev–Trinajstić information content (AvgIpc) is 2.30. The van der Waals surface area contributed by atoms with Crippen LogP contribution in [-0.4, -0.2) is 40.0 Å². The van der Waals surface area contributed by atoms with Crippen molar-refractivity contribution >= 4 is 11.8 Å². The van der Waals surface area contributed by atoms with E-state index in [1.54, 1.807) is 0 Å². The average molecular weight is 251 g/mol. The molecule has 0 saturated carbocycles. The molecular weight excluding hydrogens is 230 g/mol. The first-order valence-electron chi connectivity index (χ1n) is 6.10. The molecule has 3 nitrogen and oxygen atoms in total. The minimum atomic E-state index is 0.332. The highest BCUT2D eigenvalue weighted by Crippen LogP contribution is 2.33. The number of hydrogen-bond donors (Lipinski definition) is 1. The first-order chi connectivity index (χ1) is 8.12. The molecule has 2 rings (SSSR count). The zero-order chi connectivity index (χ0) is 12.3. The van der Waals surface area contributed by atoms with Crippen LogP contribution < -0.4 is 5.73 Å². The first-order valence-corrected chi connectivity index (χ1v) is 7.09. The van der Waals surface area contributed by atoms with Gasteiger partial charge in [-0.2, -0.15) is 11.8 Å². The van der Waals surface area contributed by atoms with Crippen LogP contribution in [0.2, 0.25) is 0 Å². The van der Waals surface area contributed by atoms with Gasteiger partial charge in [0.2, 0.25) is 0 Å². The number of nitrogens with two attached hydrogens (primary N) is 1. The molecule has 0 aromatic carbocycles. The molecule has 1 saturated heterocycles. The third kappa shape index (κ3) is 3.21. The normalized spacial score (nSPS) is 22.3. The van der Waals surface area contributed by atoms with E-state index in [9.17, 15) is 0 Å². The van der Waals surface area contributed by atoms with Gasteiger partial charge in [0, 0.05) is 48.6 Å². The molecule has 1 fully saturated rings. The van der Waals surface area contributed by atoms with Gasteiger partial charge in [-0.25, -0.2) is 0 Å². The van der Waals surface area contributed by atoms with Gasteiger partial charge in [0.25, 0.3) is 0 Å². The van der Waals surface area contributed by atoms with E-state index in [0.717, 1.165) is 13.1 Å². The van der Waals surface area contributed by atoms with Crippen molar-refractivity contribution < 1.29 is 0 Å². The van der Waals surface area contributed by atoms with Gasteiger partial charge in [0.1, 0.15) is 0 Å². The number of nitrogens with zero attached hydrogens (tertiary/aromatic N) is 2. The molecule has 1 aliphatic rings. The lowest BCUT2D eigenvalue weighted by atomic mass is 10.0. The number of pyridine rings is 1. The maximum Gasteiger partial charge on any atom is 0.0472 e. The number of rotatable bonds is 3. The summed E-state index contributed by atoms with van der Waals surface area (Å²) in [5.41, 5.74) is 7.24. The van der Waals surface area contributed by atoms with E-state index in [-0.39, 0.29) is 0 Å². The summed E-state index contributed by atoms with van der Waals surface area (Å²) >= 11 is 2.05. The molecule has 17 heavy (non-hydrogen) atoms. The van der Waals surface area contributed by atoms with E-state index in [2.05, 4.69) is 47.6 Å². The lowest BCUT2D eigenvalue weighted by molar-refractivity contribution is 0.192. The minimum absolute atomic E-state index is 0.332. The van der Waals surface area contributed by atoms with Crippen molar-refractivity contribution in [2.75, 3.05) is 25.4 Å². The molecule has 0 radical (unpaired) electrons. The largest absolute Gasteiger partial charge is 0.329 e. The van der Waals surface area contributed by atoms with Crippen LogP contribution in [0.25, 0.3) is 0 Å². The quantitative estimate of drug-likeness (QED) is 0.891. The van der Waals surface area contributed by atoms with E-state index in [1.807, 2.05) is 12.4 Å². The Morgan fingerprint density at radius 1 is 1.47 bits per heavy atom. The second-order valence-corrected chi connectivity index (χ2v) is 6.91. The van der Waals surface area contributed by atoms with Crippen molar-refractivity contribution in [3.05, 3.63) is 30.1 Å². The molecule has 1 aromatic heterocycles. The lowest BCUT2D eigenvalue weighted by Crippen LogP contribution is -2.46. The molecule has 0 aliphatic carbocycles.